The summed E-state index contributed by atoms with van der Waals surface area (Å²) in [4.78, 5) is 133. The number of carbonyl (C=O) groups excluding carboxylic acids is 9. The number of cyclic esters (lactones) is 2. The molecule has 0 radical (unpaired) electrons. The Morgan fingerprint density at radius 2 is 1.50 bits per heavy atom. The van der Waals surface area contributed by atoms with Crippen LogP contribution >= 0.6 is 0 Å². The first kappa shape index (κ1) is 64.3. The number of alkyl carbamates (subject to hydrolysis) is 1. The van der Waals surface area contributed by atoms with E-state index in [9.17, 15) is 43.2 Å². The lowest BCUT2D eigenvalue weighted by molar-refractivity contribution is -0.162. The number of fused-ring (bicyclic) bond motifs is 1. The first-order valence-corrected chi connectivity index (χ1v) is 27.2. The lowest BCUT2D eigenvalue weighted by Crippen LogP contribution is -2.61. The van der Waals surface area contributed by atoms with Crippen LogP contribution in [0, 0.1) is 29.6 Å². The van der Waals surface area contributed by atoms with E-state index in [1.165, 1.54) is 42.8 Å². The minimum Gasteiger partial charge on any atom is -0.497 e. The van der Waals surface area contributed by atoms with E-state index in [0.29, 0.717) is 24.2 Å². The zero-order chi connectivity index (χ0) is 57.5. The maximum absolute atomic E-state index is 14.9. The Morgan fingerprint density at radius 3 is 2.04 bits per heavy atom. The van der Waals surface area contributed by atoms with Crippen molar-refractivity contribution in [3.05, 3.63) is 29.8 Å². The van der Waals surface area contributed by atoms with E-state index in [1.807, 2.05) is 41.5 Å². The SMILES string of the molecule is CC[C@H](C)C1CCC(=O)O[C@@H](C(C)C)C(=O)N[C@@H](CC(C)C)C(=O)N2CCC[C@H]2C(=O)N(C)[C@@H](Cc2ccc(OC)cc2)C(=O)O[C@H](C)[C@H](NC(=O)[C@@H](CC(C)C)N(C)C(=O)[C@@H](NC(=O)OC(C)(C)C)C(C)C)C(=O)N1. The van der Waals surface area contributed by atoms with Gasteiger partial charge in [0.15, 0.2) is 6.10 Å². The topological polar surface area (TPSA) is 248 Å². The molecule has 2 aliphatic rings. The predicted octanol–water partition coefficient (Wildman–Crippen LogP) is 5.32. The van der Waals surface area contributed by atoms with E-state index >= 15 is 0 Å². The summed E-state index contributed by atoms with van der Waals surface area (Å²) < 4.78 is 22.9. The van der Waals surface area contributed by atoms with E-state index < -0.39 is 125 Å². The van der Waals surface area contributed by atoms with E-state index in [4.69, 9.17) is 18.9 Å². The summed E-state index contributed by atoms with van der Waals surface area (Å²) in [7, 11) is 4.40. The Morgan fingerprint density at radius 1 is 0.868 bits per heavy atom. The monoisotopic (exact) mass is 1070 g/mol. The molecule has 428 valence electrons. The Hall–Kier alpha value is -5.95. The second kappa shape index (κ2) is 29.0. The highest BCUT2D eigenvalue weighted by atomic mass is 16.6. The van der Waals surface area contributed by atoms with E-state index in [2.05, 4.69) is 21.3 Å². The smallest absolute Gasteiger partial charge is 0.408 e. The van der Waals surface area contributed by atoms with Crippen LogP contribution in [0.15, 0.2) is 24.3 Å². The van der Waals surface area contributed by atoms with Crippen LogP contribution in [-0.4, -0.2) is 156 Å². The fraction of sp³-hybridized carbons (Fsp3) is 0.732. The third-order valence-corrected chi connectivity index (χ3v) is 14.0. The van der Waals surface area contributed by atoms with Crippen molar-refractivity contribution in [2.75, 3.05) is 27.7 Å². The van der Waals surface area contributed by atoms with Gasteiger partial charge in [-0.25, -0.2) is 9.59 Å². The second-order valence-corrected chi connectivity index (χ2v) is 23.2. The van der Waals surface area contributed by atoms with Gasteiger partial charge in [-0.05, 0) is 107 Å². The number of rotatable bonds is 16. The molecule has 1 unspecified atom stereocenters. The van der Waals surface area contributed by atoms with Gasteiger partial charge in [-0.3, -0.25) is 33.6 Å². The third-order valence-electron chi connectivity index (χ3n) is 14.0. The van der Waals surface area contributed by atoms with Gasteiger partial charge >= 0.3 is 18.0 Å². The first-order valence-electron chi connectivity index (χ1n) is 27.2. The lowest BCUT2D eigenvalue weighted by atomic mass is 9.94. The van der Waals surface area contributed by atoms with Crippen LogP contribution in [0.1, 0.15) is 147 Å². The molecular formula is C56H91N7O13. The molecule has 1 aromatic carbocycles. The highest BCUT2D eigenvalue weighted by Gasteiger charge is 2.44. The minimum absolute atomic E-state index is 0.0525. The number of amides is 7. The zero-order valence-corrected chi connectivity index (χ0v) is 48.4. The molecule has 10 atom stereocenters. The Bertz CT molecular complexity index is 2160. The minimum atomic E-state index is -1.61. The normalized spacial score (nSPS) is 24.1. The molecule has 7 amide bonds. The van der Waals surface area contributed by atoms with Crippen LogP contribution in [0.4, 0.5) is 4.79 Å². The van der Waals surface area contributed by atoms with Crippen molar-refractivity contribution >= 4 is 53.5 Å². The van der Waals surface area contributed by atoms with Gasteiger partial charge in [0.1, 0.15) is 53.7 Å². The summed E-state index contributed by atoms with van der Waals surface area (Å²) in [5.74, 6) is -6.34. The molecule has 0 spiro atoms. The molecule has 1 aromatic rings. The van der Waals surface area contributed by atoms with Crippen molar-refractivity contribution in [3.63, 3.8) is 0 Å². The molecule has 0 aromatic heterocycles. The summed E-state index contributed by atoms with van der Waals surface area (Å²) in [6.07, 6.45) is -2.14. The summed E-state index contributed by atoms with van der Waals surface area (Å²) >= 11 is 0. The van der Waals surface area contributed by atoms with Crippen molar-refractivity contribution in [2.24, 2.45) is 29.6 Å². The van der Waals surface area contributed by atoms with Crippen LogP contribution < -0.4 is 26.0 Å². The van der Waals surface area contributed by atoms with Gasteiger partial charge < -0.3 is 54.9 Å². The summed E-state index contributed by atoms with van der Waals surface area (Å²) in [5.41, 5.74) is -0.232. The number of hydrogen-bond acceptors (Lipinski definition) is 13. The molecule has 3 rings (SSSR count). The van der Waals surface area contributed by atoms with Gasteiger partial charge in [-0.2, -0.15) is 0 Å². The fourth-order valence-electron chi connectivity index (χ4n) is 9.39. The van der Waals surface area contributed by atoms with Gasteiger partial charge in [-0.1, -0.05) is 87.8 Å². The predicted molar refractivity (Wildman–Crippen MR) is 286 cm³/mol. The Labute approximate surface area is 451 Å². The van der Waals surface area contributed by atoms with Crippen molar-refractivity contribution in [3.8, 4) is 5.75 Å². The maximum Gasteiger partial charge on any atom is 0.408 e. The summed E-state index contributed by atoms with van der Waals surface area (Å²) in [6, 6.07) is -1.16. The Balaban J connectivity index is 2.24. The average Bonchev–Trinajstić information content (AvgIpc) is 3.83. The number of benzene rings is 1. The number of esters is 2. The molecule has 20 heteroatoms. The van der Waals surface area contributed by atoms with Gasteiger partial charge in [0.25, 0.3) is 5.91 Å². The van der Waals surface area contributed by atoms with Gasteiger partial charge in [-0.15, -0.1) is 0 Å². The van der Waals surface area contributed by atoms with Crippen LogP contribution in [0.2, 0.25) is 0 Å². The number of nitrogens with one attached hydrogen (secondary N) is 4. The fourth-order valence-corrected chi connectivity index (χ4v) is 9.39. The number of nitrogens with zero attached hydrogens (tertiary/aromatic N) is 3. The molecule has 0 bridgehead atoms. The number of hydrogen-bond donors (Lipinski definition) is 4. The number of likely N-dealkylation sites (N-methyl/N-ethyl adjacent to an activating group) is 2. The van der Waals surface area contributed by atoms with Crippen LogP contribution in [-0.2, 0) is 59.0 Å². The van der Waals surface area contributed by atoms with Crippen molar-refractivity contribution in [1.82, 2.24) is 36.0 Å². The molecule has 4 N–H and O–H groups in total. The largest absolute Gasteiger partial charge is 0.497 e. The molecule has 0 saturated carbocycles. The van der Waals surface area contributed by atoms with E-state index in [0.717, 1.165) is 0 Å². The molecule has 2 aliphatic heterocycles. The molecule has 20 nitrogen and oxygen atoms in total. The maximum atomic E-state index is 14.9. The molecule has 2 fully saturated rings. The van der Waals surface area contributed by atoms with Gasteiger partial charge in [0, 0.05) is 39.5 Å². The average molecular weight is 1070 g/mol. The quantitative estimate of drug-likeness (QED) is 0.121. The molecular weight excluding hydrogens is 979 g/mol. The third kappa shape index (κ3) is 18.7. The zero-order valence-electron chi connectivity index (χ0n) is 48.4. The highest BCUT2D eigenvalue weighted by Crippen LogP contribution is 2.26. The van der Waals surface area contributed by atoms with E-state index in [-0.39, 0.29) is 62.8 Å². The highest BCUT2D eigenvalue weighted by molar-refractivity contribution is 5.96. The summed E-state index contributed by atoms with van der Waals surface area (Å²) in [5, 5.41) is 11.3. The van der Waals surface area contributed by atoms with Crippen molar-refractivity contribution in [1.29, 1.82) is 0 Å². The van der Waals surface area contributed by atoms with Crippen molar-refractivity contribution in [2.45, 2.75) is 208 Å². The second-order valence-electron chi connectivity index (χ2n) is 23.2. The molecule has 2 saturated heterocycles. The van der Waals surface area contributed by atoms with Crippen LogP contribution in [0.3, 0.4) is 0 Å². The van der Waals surface area contributed by atoms with Crippen LogP contribution in [0.5, 0.6) is 5.75 Å². The van der Waals surface area contributed by atoms with Crippen LogP contribution in [0.25, 0.3) is 0 Å². The molecule has 76 heavy (non-hydrogen) atoms. The number of carbonyl (C=O) groups is 9. The van der Waals surface area contributed by atoms with E-state index in [1.54, 1.807) is 72.7 Å². The standard InChI is InChI=1S/C56H91N7O13/c1-18-35(10)39-25-26-44(64)75-47(34(8)9)50(67)58-40(28-31(2)3)51(68)63-27-19-20-41(63)52(69)62(16)43(30-37-21-23-38(73-17)24-22-37)54(71)74-36(11)46(49(66)57-39)59-48(65)42(29-32(4)5)61(15)53(70)45(33(6)7)60-55(72)76-56(12,13)14/h21-24,31-36,39-43,45-47H,18-20,25-30H2,1-17H3,(H,57,66)(H,58,67)(H,59,65)(H,60,72)/t35-,36+,39?,40-,41-,42+,43-,45-,46-,47-/m0/s1. The first-order chi connectivity index (χ1) is 35.4. The lowest BCUT2D eigenvalue weighted by Gasteiger charge is -2.36. The Kier molecular flexibility index (Phi) is 24.5. The molecule has 0 aliphatic carbocycles. The van der Waals surface area contributed by atoms with Crippen molar-refractivity contribution < 1.29 is 62.1 Å². The van der Waals surface area contributed by atoms with Gasteiger partial charge in [0.05, 0.1) is 7.11 Å². The number of methoxy groups -OCH3 is 1. The van der Waals surface area contributed by atoms with Gasteiger partial charge in [0.2, 0.25) is 29.5 Å². The number of ether oxygens (including phenoxy) is 4. The summed E-state index contributed by atoms with van der Waals surface area (Å²) in [6.45, 7) is 24.9. The molecule has 2 heterocycles.